The molecule has 0 aliphatic carbocycles. The van der Waals surface area contributed by atoms with Gasteiger partial charge in [-0.3, -0.25) is 14.4 Å². The average molecular weight is 388 g/mol. The van der Waals surface area contributed by atoms with Crippen LogP contribution < -0.4 is 16.0 Å². The summed E-state index contributed by atoms with van der Waals surface area (Å²) in [6, 6.07) is 11.6. The molecule has 3 amide bonds. The molecule has 0 aliphatic rings. The highest BCUT2D eigenvalue weighted by Crippen LogP contribution is 2.22. The van der Waals surface area contributed by atoms with Gasteiger partial charge in [-0.15, -0.1) is 0 Å². The predicted octanol–water partition coefficient (Wildman–Crippen LogP) is 3.37. The summed E-state index contributed by atoms with van der Waals surface area (Å²) in [7, 11) is 0. The maximum Gasteiger partial charge on any atom is 0.255 e. The first kappa shape index (κ1) is 20.5. The molecule has 0 atom stereocenters. The van der Waals surface area contributed by atoms with Crippen molar-refractivity contribution in [2.24, 2.45) is 0 Å². The van der Waals surface area contributed by atoms with Gasteiger partial charge >= 0.3 is 0 Å². The molecule has 2 rings (SSSR count). The van der Waals surface area contributed by atoms with E-state index in [-0.39, 0.29) is 17.7 Å². The molecule has 2 aromatic carbocycles. The van der Waals surface area contributed by atoms with Gasteiger partial charge in [0.25, 0.3) is 11.8 Å². The second-order valence-electron chi connectivity index (χ2n) is 6.01. The smallest absolute Gasteiger partial charge is 0.255 e. The van der Waals surface area contributed by atoms with Gasteiger partial charge in [-0.2, -0.15) is 0 Å². The van der Waals surface area contributed by atoms with Gasteiger partial charge in [0.05, 0.1) is 11.3 Å². The Labute approximate surface area is 163 Å². The summed E-state index contributed by atoms with van der Waals surface area (Å²) in [6.45, 7) is 4.35. The minimum absolute atomic E-state index is 0.119. The van der Waals surface area contributed by atoms with Gasteiger partial charge in [-0.1, -0.05) is 30.7 Å². The van der Waals surface area contributed by atoms with Crippen molar-refractivity contribution >= 4 is 35.0 Å². The fourth-order valence-corrected chi connectivity index (χ4v) is 2.52. The second-order valence-corrected chi connectivity index (χ2v) is 6.44. The first-order chi connectivity index (χ1) is 12.9. The van der Waals surface area contributed by atoms with E-state index in [2.05, 4.69) is 16.0 Å². The molecule has 3 N–H and O–H groups in total. The van der Waals surface area contributed by atoms with Crippen molar-refractivity contribution in [2.75, 3.05) is 11.9 Å². The van der Waals surface area contributed by atoms with E-state index in [1.807, 2.05) is 6.92 Å². The number of rotatable bonds is 7. The lowest BCUT2D eigenvalue weighted by Crippen LogP contribution is -2.25. The van der Waals surface area contributed by atoms with E-state index in [4.69, 9.17) is 11.6 Å². The molecule has 0 fully saturated rings. The largest absolute Gasteiger partial charge is 0.352 e. The standard InChI is InChI=1S/C20H22ClN3O3/c1-3-10-22-20(27)17-9-8-16(21)11-18(17)24-19(26)15-6-4-14(5-7-15)12-23-13(2)25/h4-9,11H,3,10,12H2,1-2H3,(H,22,27)(H,23,25)(H,24,26). The van der Waals surface area contributed by atoms with Crippen LogP contribution in [0.25, 0.3) is 0 Å². The van der Waals surface area contributed by atoms with E-state index < -0.39 is 0 Å². The van der Waals surface area contributed by atoms with Crippen LogP contribution in [0.1, 0.15) is 46.5 Å². The number of hydrogen-bond acceptors (Lipinski definition) is 3. The van der Waals surface area contributed by atoms with Crippen molar-refractivity contribution in [3.63, 3.8) is 0 Å². The monoisotopic (exact) mass is 387 g/mol. The Morgan fingerprint density at radius 2 is 1.67 bits per heavy atom. The third-order valence-corrected chi connectivity index (χ3v) is 4.00. The number of carbonyl (C=O) groups excluding carboxylic acids is 3. The molecular formula is C20H22ClN3O3. The zero-order chi connectivity index (χ0) is 19.8. The fourth-order valence-electron chi connectivity index (χ4n) is 2.35. The van der Waals surface area contributed by atoms with Crippen molar-refractivity contribution in [1.29, 1.82) is 0 Å². The van der Waals surface area contributed by atoms with Crippen LogP contribution in [-0.4, -0.2) is 24.3 Å². The Morgan fingerprint density at radius 3 is 2.30 bits per heavy atom. The summed E-state index contributed by atoms with van der Waals surface area (Å²) in [6.07, 6.45) is 0.811. The third-order valence-electron chi connectivity index (χ3n) is 3.77. The summed E-state index contributed by atoms with van der Waals surface area (Å²) < 4.78 is 0. The van der Waals surface area contributed by atoms with Crippen LogP contribution in [0.4, 0.5) is 5.69 Å². The van der Waals surface area contributed by atoms with Gasteiger partial charge < -0.3 is 16.0 Å². The number of amides is 3. The predicted molar refractivity (Wildman–Crippen MR) is 106 cm³/mol. The van der Waals surface area contributed by atoms with Gasteiger partial charge in [-0.25, -0.2) is 0 Å². The van der Waals surface area contributed by atoms with Crippen LogP contribution in [-0.2, 0) is 11.3 Å². The topological polar surface area (TPSA) is 87.3 Å². The van der Waals surface area contributed by atoms with Crippen molar-refractivity contribution in [3.8, 4) is 0 Å². The van der Waals surface area contributed by atoms with Crippen molar-refractivity contribution in [2.45, 2.75) is 26.8 Å². The first-order valence-electron chi connectivity index (χ1n) is 8.63. The van der Waals surface area contributed by atoms with Crippen LogP contribution in [0.15, 0.2) is 42.5 Å². The summed E-state index contributed by atoms with van der Waals surface area (Å²) in [4.78, 5) is 35.8. The SMILES string of the molecule is CCCNC(=O)c1ccc(Cl)cc1NC(=O)c1ccc(CNC(C)=O)cc1. The molecule has 0 bridgehead atoms. The lowest BCUT2D eigenvalue weighted by atomic mass is 10.1. The zero-order valence-corrected chi connectivity index (χ0v) is 16.0. The summed E-state index contributed by atoms with van der Waals surface area (Å²) in [5.41, 5.74) is 2.01. The zero-order valence-electron chi connectivity index (χ0n) is 15.3. The highest BCUT2D eigenvalue weighted by molar-refractivity contribution is 6.31. The molecule has 0 aliphatic heterocycles. The van der Waals surface area contributed by atoms with E-state index in [1.54, 1.807) is 42.5 Å². The minimum atomic E-state index is -0.354. The molecule has 0 unspecified atom stereocenters. The fraction of sp³-hybridized carbons (Fsp3) is 0.250. The molecule has 0 radical (unpaired) electrons. The van der Waals surface area contributed by atoms with E-state index in [0.717, 1.165) is 12.0 Å². The third kappa shape index (κ3) is 6.11. The van der Waals surface area contributed by atoms with E-state index in [0.29, 0.717) is 34.9 Å². The minimum Gasteiger partial charge on any atom is -0.352 e. The van der Waals surface area contributed by atoms with Gasteiger partial charge in [0.2, 0.25) is 5.91 Å². The maximum absolute atomic E-state index is 12.5. The summed E-state index contributed by atoms with van der Waals surface area (Å²) in [5, 5.41) is 8.64. The molecule has 27 heavy (non-hydrogen) atoms. The second kappa shape index (κ2) is 9.73. The molecule has 0 saturated heterocycles. The number of halogens is 1. The average Bonchev–Trinajstić information content (AvgIpc) is 2.65. The summed E-state index contributed by atoms with van der Waals surface area (Å²) in [5.74, 6) is -0.742. The van der Waals surface area contributed by atoms with Crippen LogP contribution in [0.2, 0.25) is 5.02 Å². The number of nitrogens with one attached hydrogen (secondary N) is 3. The highest BCUT2D eigenvalue weighted by atomic mass is 35.5. The van der Waals surface area contributed by atoms with Gasteiger partial charge in [0, 0.05) is 30.6 Å². The lowest BCUT2D eigenvalue weighted by Gasteiger charge is -2.12. The molecule has 0 heterocycles. The lowest BCUT2D eigenvalue weighted by molar-refractivity contribution is -0.119. The molecule has 7 heteroatoms. The Bertz CT molecular complexity index is 835. The molecule has 6 nitrogen and oxygen atoms in total. The van der Waals surface area contributed by atoms with Crippen molar-refractivity contribution < 1.29 is 14.4 Å². The molecule has 0 aromatic heterocycles. The van der Waals surface area contributed by atoms with E-state index >= 15 is 0 Å². The Morgan fingerprint density at radius 1 is 0.963 bits per heavy atom. The van der Waals surface area contributed by atoms with Gasteiger partial charge in [-0.05, 0) is 42.3 Å². The van der Waals surface area contributed by atoms with Crippen molar-refractivity contribution in [3.05, 3.63) is 64.2 Å². The molecule has 0 saturated carbocycles. The normalized spacial score (nSPS) is 10.2. The van der Waals surface area contributed by atoms with Gasteiger partial charge in [0.15, 0.2) is 0 Å². The number of benzene rings is 2. The summed E-state index contributed by atoms with van der Waals surface area (Å²) >= 11 is 6.02. The molecule has 2 aromatic rings. The number of hydrogen-bond donors (Lipinski definition) is 3. The Kier molecular flexibility index (Phi) is 7.37. The Hall–Kier alpha value is -2.86. The maximum atomic E-state index is 12.5. The molecular weight excluding hydrogens is 366 g/mol. The quantitative estimate of drug-likeness (QED) is 0.680. The van der Waals surface area contributed by atoms with E-state index in [9.17, 15) is 14.4 Å². The molecule has 0 spiro atoms. The van der Waals surface area contributed by atoms with Gasteiger partial charge in [0.1, 0.15) is 0 Å². The molecule has 142 valence electrons. The van der Waals surface area contributed by atoms with E-state index in [1.165, 1.54) is 6.92 Å². The van der Waals surface area contributed by atoms with Crippen LogP contribution in [0, 0.1) is 0 Å². The Balaban J connectivity index is 2.13. The number of carbonyl (C=O) groups is 3. The first-order valence-corrected chi connectivity index (χ1v) is 9.01. The van der Waals surface area contributed by atoms with Crippen molar-refractivity contribution in [1.82, 2.24) is 10.6 Å². The number of anilines is 1. The highest BCUT2D eigenvalue weighted by Gasteiger charge is 2.15. The van der Waals surface area contributed by atoms with Crippen LogP contribution >= 0.6 is 11.6 Å². The van der Waals surface area contributed by atoms with Crippen LogP contribution in [0.5, 0.6) is 0 Å². The van der Waals surface area contributed by atoms with Crippen LogP contribution in [0.3, 0.4) is 0 Å².